The van der Waals surface area contributed by atoms with Crippen LogP contribution in [0.2, 0.25) is 10.3 Å². The summed E-state index contributed by atoms with van der Waals surface area (Å²) in [5.74, 6) is 0.155. The number of hydrogen-bond donors (Lipinski definition) is 1. The van der Waals surface area contributed by atoms with Crippen LogP contribution in [0.4, 0.5) is 5.69 Å². The van der Waals surface area contributed by atoms with Crippen LogP contribution >= 0.6 is 23.2 Å². The molecule has 2 heterocycles. The highest BCUT2D eigenvalue weighted by molar-refractivity contribution is 6.33. The van der Waals surface area contributed by atoms with E-state index in [9.17, 15) is 4.79 Å². The molecule has 5 nitrogen and oxygen atoms in total. The van der Waals surface area contributed by atoms with Crippen molar-refractivity contribution in [2.75, 3.05) is 11.9 Å². The van der Waals surface area contributed by atoms with Gasteiger partial charge < -0.3 is 10.1 Å². The number of anilines is 1. The van der Waals surface area contributed by atoms with E-state index < -0.39 is 0 Å². The van der Waals surface area contributed by atoms with E-state index >= 15 is 0 Å². The van der Waals surface area contributed by atoms with Gasteiger partial charge in [-0.1, -0.05) is 23.2 Å². The van der Waals surface area contributed by atoms with Gasteiger partial charge in [0, 0.05) is 11.6 Å². The molecule has 104 valence electrons. The summed E-state index contributed by atoms with van der Waals surface area (Å²) in [6.45, 7) is 2.40. The number of pyridine rings is 2. The molecule has 0 saturated carbocycles. The lowest BCUT2D eigenvalue weighted by Crippen LogP contribution is -2.12. The third-order valence-electron chi connectivity index (χ3n) is 2.31. The van der Waals surface area contributed by atoms with Gasteiger partial charge in [0.05, 0.1) is 18.5 Å². The van der Waals surface area contributed by atoms with Crippen LogP contribution in [0.15, 0.2) is 30.5 Å². The van der Waals surface area contributed by atoms with Crippen LogP contribution in [0.5, 0.6) is 5.88 Å². The molecule has 2 aromatic rings. The Morgan fingerprint density at radius 1 is 1.30 bits per heavy atom. The largest absolute Gasteiger partial charge is 0.478 e. The zero-order valence-corrected chi connectivity index (χ0v) is 12.1. The molecule has 0 aliphatic rings. The second kappa shape index (κ2) is 6.54. The summed E-state index contributed by atoms with van der Waals surface area (Å²) < 4.78 is 5.21. The second-order valence-electron chi connectivity index (χ2n) is 3.77. The van der Waals surface area contributed by atoms with Crippen molar-refractivity contribution >= 4 is 34.8 Å². The van der Waals surface area contributed by atoms with Crippen molar-refractivity contribution in [3.63, 3.8) is 0 Å². The zero-order valence-electron chi connectivity index (χ0n) is 10.6. The Labute approximate surface area is 125 Å². The van der Waals surface area contributed by atoms with E-state index in [0.29, 0.717) is 23.7 Å². The minimum absolute atomic E-state index is 0.160. The Morgan fingerprint density at radius 3 is 2.55 bits per heavy atom. The Hall–Kier alpha value is -1.85. The molecule has 1 amide bonds. The standard InChI is InChI=1S/C13H11Cl2N3O2/c1-2-20-12-4-3-9(7-16-12)17-13(19)8-5-10(14)18-11(15)6-8/h3-7H,2H2,1H3,(H,17,19). The quantitative estimate of drug-likeness (QED) is 0.879. The van der Waals surface area contributed by atoms with Crippen LogP contribution in [0.1, 0.15) is 17.3 Å². The van der Waals surface area contributed by atoms with E-state index in [4.69, 9.17) is 27.9 Å². The lowest BCUT2D eigenvalue weighted by Gasteiger charge is -2.06. The highest BCUT2D eigenvalue weighted by atomic mass is 35.5. The summed E-state index contributed by atoms with van der Waals surface area (Å²) >= 11 is 11.5. The molecule has 0 saturated heterocycles. The van der Waals surface area contributed by atoms with Crippen LogP contribution in [0, 0.1) is 0 Å². The Balaban J connectivity index is 2.10. The lowest BCUT2D eigenvalue weighted by atomic mass is 10.2. The van der Waals surface area contributed by atoms with Gasteiger partial charge in [0.2, 0.25) is 5.88 Å². The number of nitrogens with one attached hydrogen (secondary N) is 1. The van der Waals surface area contributed by atoms with Gasteiger partial charge in [0.25, 0.3) is 5.91 Å². The molecule has 0 aliphatic heterocycles. The van der Waals surface area contributed by atoms with Crippen LogP contribution in [0.3, 0.4) is 0 Å². The van der Waals surface area contributed by atoms with Crippen LogP contribution in [-0.4, -0.2) is 22.5 Å². The predicted molar refractivity (Wildman–Crippen MR) is 77.6 cm³/mol. The molecule has 0 unspecified atom stereocenters. The van der Waals surface area contributed by atoms with E-state index in [0.717, 1.165) is 0 Å². The van der Waals surface area contributed by atoms with Crippen molar-refractivity contribution in [2.24, 2.45) is 0 Å². The molecular formula is C13H11Cl2N3O2. The fourth-order valence-corrected chi connectivity index (χ4v) is 1.95. The van der Waals surface area contributed by atoms with Crippen molar-refractivity contribution in [2.45, 2.75) is 6.92 Å². The van der Waals surface area contributed by atoms with Crippen LogP contribution in [0.25, 0.3) is 0 Å². The van der Waals surface area contributed by atoms with Gasteiger partial charge in [0.15, 0.2) is 0 Å². The number of halogens is 2. The van der Waals surface area contributed by atoms with Gasteiger partial charge in [-0.3, -0.25) is 4.79 Å². The Bertz CT molecular complexity index is 597. The van der Waals surface area contributed by atoms with E-state index in [-0.39, 0.29) is 16.2 Å². The smallest absolute Gasteiger partial charge is 0.255 e. The van der Waals surface area contributed by atoms with Gasteiger partial charge in [-0.25, -0.2) is 9.97 Å². The summed E-state index contributed by atoms with van der Waals surface area (Å²) in [5.41, 5.74) is 0.867. The van der Waals surface area contributed by atoms with Crippen LogP contribution < -0.4 is 10.1 Å². The van der Waals surface area contributed by atoms with Gasteiger partial charge in [0.1, 0.15) is 10.3 Å². The van der Waals surface area contributed by atoms with Gasteiger partial charge in [-0.15, -0.1) is 0 Å². The Morgan fingerprint density at radius 2 is 2.00 bits per heavy atom. The third kappa shape index (κ3) is 3.82. The molecule has 0 spiro atoms. The van der Waals surface area contributed by atoms with E-state index in [2.05, 4.69) is 15.3 Å². The van der Waals surface area contributed by atoms with E-state index in [1.807, 2.05) is 6.92 Å². The molecule has 2 aromatic heterocycles. The predicted octanol–water partition coefficient (Wildman–Crippen LogP) is 3.43. The molecule has 0 aliphatic carbocycles. The maximum absolute atomic E-state index is 12.0. The molecule has 0 aromatic carbocycles. The number of carbonyl (C=O) groups excluding carboxylic acids is 1. The molecule has 0 bridgehead atoms. The minimum atomic E-state index is -0.345. The molecule has 0 fully saturated rings. The first kappa shape index (κ1) is 14.6. The number of rotatable bonds is 4. The summed E-state index contributed by atoms with van der Waals surface area (Å²) in [7, 11) is 0. The van der Waals surface area contributed by atoms with Crippen molar-refractivity contribution in [1.29, 1.82) is 0 Å². The monoisotopic (exact) mass is 311 g/mol. The van der Waals surface area contributed by atoms with Gasteiger partial charge >= 0.3 is 0 Å². The maximum atomic E-state index is 12.0. The molecule has 20 heavy (non-hydrogen) atoms. The van der Waals surface area contributed by atoms with Crippen molar-refractivity contribution in [3.05, 3.63) is 46.3 Å². The van der Waals surface area contributed by atoms with E-state index in [1.54, 1.807) is 12.1 Å². The first-order valence-corrected chi connectivity index (χ1v) is 6.57. The first-order chi connectivity index (χ1) is 9.58. The molecular weight excluding hydrogens is 301 g/mol. The highest BCUT2D eigenvalue weighted by Gasteiger charge is 2.09. The molecule has 7 heteroatoms. The average molecular weight is 312 g/mol. The summed E-state index contributed by atoms with van der Waals surface area (Å²) in [5, 5.41) is 3.00. The zero-order chi connectivity index (χ0) is 14.5. The van der Waals surface area contributed by atoms with Crippen molar-refractivity contribution < 1.29 is 9.53 Å². The van der Waals surface area contributed by atoms with Crippen molar-refractivity contribution in [1.82, 2.24) is 9.97 Å². The fourth-order valence-electron chi connectivity index (χ4n) is 1.49. The fraction of sp³-hybridized carbons (Fsp3) is 0.154. The minimum Gasteiger partial charge on any atom is -0.478 e. The molecule has 0 atom stereocenters. The number of aromatic nitrogens is 2. The average Bonchev–Trinajstić information content (AvgIpc) is 2.40. The summed E-state index contributed by atoms with van der Waals surface area (Å²) in [6.07, 6.45) is 1.51. The number of carbonyl (C=O) groups is 1. The first-order valence-electron chi connectivity index (χ1n) is 5.82. The summed E-state index contributed by atoms with van der Waals surface area (Å²) in [4.78, 5) is 19.8. The molecule has 1 N–H and O–H groups in total. The molecule has 0 radical (unpaired) electrons. The van der Waals surface area contributed by atoms with Gasteiger partial charge in [-0.2, -0.15) is 0 Å². The number of nitrogens with zero attached hydrogens (tertiary/aromatic N) is 2. The number of hydrogen-bond acceptors (Lipinski definition) is 4. The normalized spacial score (nSPS) is 10.2. The molecule has 2 rings (SSSR count). The van der Waals surface area contributed by atoms with Gasteiger partial charge in [-0.05, 0) is 25.1 Å². The second-order valence-corrected chi connectivity index (χ2v) is 4.55. The third-order valence-corrected chi connectivity index (χ3v) is 2.70. The highest BCUT2D eigenvalue weighted by Crippen LogP contribution is 2.17. The lowest BCUT2D eigenvalue weighted by molar-refractivity contribution is 0.102. The van der Waals surface area contributed by atoms with E-state index in [1.165, 1.54) is 18.3 Å². The number of amides is 1. The number of ether oxygens (including phenoxy) is 1. The van der Waals surface area contributed by atoms with Crippen LogP contribution in [-0.2, 0) is 0 Å². The summed E-state index contributed by atoms with van der Waals surface area (Å²) in [6, 6.07) is 6.24. The SMILES string of the molecule is CCOc1ccc(NC(=O)c2cc(Cl)nc(Cl)c2)cn1. The topological polar surface area (TPSA) is 64.1 Å². The van der Waals surface area contributed by atoms with Crippen molar-refractivity contribution in [3.8, 4) is 5.88 Å². The Kier molecular flexibility index (Phi) is 4.76. The maximum Gasteiger partial charge on any atom is 0.255 e.